The van der Waals surface area contributed by atoms with Crippen molar-refractivity contribution in [2.45, 2.75) is 50.9 Å². The van der Waals surface area contributed by atoms with Gasteiger partial charge in [0, 0.05) is 31.1 Å². The number of fused-ring (bicyclic) bond motifs is 1. The summed E-state index contributed by atoms with van der Waals surface area (Å²) in [6.07, 6.45) is 7.84. The van der Waals surface area contributed by atoms with Crippen LogP contribution in [0.25, 0.3) is 11.1 Å². The van der Waals surface area contributed by atoms with Gasteiger partial charge >= 0.3 is 0 Å². The van der Waals surface area contributed by atoms with Crippen LogP contribution in [0.5, 0.6) is 0 Å². The molecule has 0 radical (unpaired) electrons. The van der Waals surface area contributed by atoms with E-state index in [1.807, 2.05) is 6.07 Å². The van der Waals surface area contributed by atoms with Crippen LogP contribution >= 0.6 is 0 Å². The van der Waals surface area contributed by atoms with E-state index in [9.17, 15) is 9.59 Å². The molecule has 2 amide bonds. The summed E-state index contributed by atoms with van der Waals surface area (Å²) < 4.78 is 5.99. The number of amides is 2. The lowest BCUT2D eigenvalue weighted by molar-refractivity contribution is -0.123. The highest BCUT2D eigenvalue weighted by atomic mass is 16.3. The molecule has 1 aliphatic carbocycles. The minimum atomic E-state index is -0.230. The Balaban J connectivity index is 1.33. The molecule has 7 heteroatoms. The summed E-state index contributed by atoms with van der Waals surface area (Å²) in [7, 11) is 0. The van der Waals surface area contributed by atoms with Gasteiger partial charge in [-0.3, -0.25) is 9.59 Å². The first kappa shape index (κ1) is 19.9. The van der Waals surface area contributed by atoms with Gasteiger partial charge in [0.15, 0.2) is 11.5 Å². The second-order valence-electron chi connectivity index (χ2n) is 8.37. The first-order valence-electron chi connectivity index (χ1n) is 10.8. The second-order valence-corrected chi connectivity index (χ2v) is 8.37. The Bertz CT molecular complexity index is 872. The number of carbonyl (C=O) groups is 2. The molecule has 1 saturated heterocycles. The van der Waals surface area contributed by atoms with Crippen molar-refractivity contribution in [2.75, 3.05) is 26.2 Å². The van der Waals surface area contributed by atoms with E-state index in [-0.39, 0.29) is 17.7 Å². The molecular formula is C22H30N4O3. The molecule has 3 N–H and O–H groups in total. The lowest BCUT2D eigenvalue weighted by atomic mass is 9.89. The maximum absolute atomic E-state index is 12.5. The van der Waals surface area contributed by atoms with Gasteiger partial charge in [0.2, 0.25) is 5.91 Å². The summed E-state index contributed by atoms with van der Waals surface area (Å²) >= 11 is 0. The minimum absolute atomic E-state index is 0.0772. The molecule has 0 unspecified atom stereocenters. The number of likely N-dealkylation sites (tertiary alicyclic amines) is 1. The van der Waals surface area contributed by atoms with Crippen molar-refractivity contribution in [3.05, 3.63) is 29.7 Å². The predicted molar refractivity (Wildman–Crippen MR) is 111 cm³/mol. The topological polar surface area (TPSA) is 101 Å². The van der Waals surface area contributed by atoms with Crippen LogP contribution in [0, 0.1) is 5.92 Å². The molecule has 4 rings (SSSR count). The van der Waals surface area contributed by atoms with Crippen molar-refractivity contribution in [2.24, 2.45) is 11.7 Å². The summed E-state index contributed by atoms with van der Waals surface area (Å²) in [4.78, 5) is 30.8. The Labute approximate surface area is 171 Å². The molecule has 1 atom stereocenters. The van der Waals surface area contributed by atoms with Crippen LogP contribution < -0.4 is 11.1 Å². The van der Waals surface area contributed by atoms with E-state index in [0.717, 1.165) is 43.6 Å². The molecular weight excluding hydrogens is 368 g/mol. The third kappa shape index (κ3) is 4.78. The summed E-state index contributed by atoms with van der Waals surface area (Å²) in [5.41, 5.74) is 7.50. The number of primary amides is 1. The number of nitrogens with zero attached hydrogens (tertiary/aromatic N) is 2. The molecule has 1 aromatic carbocycles. The van der Waals surface area contributed by atoms with Crippen molar-refractivity contribution in [1.29, 1.82) is 0 Å². The molecule has 156 valence electrons. The summed E-state index contributed by atoms with van der Waals surface area (Å²) in [6.45, 7) is 2.87. The van der Waals surface area contributed by atoms with Crippen molar-refractivity contribution >= 4 is 22.9 Å². The molecule has 1 aliphatic heterocycles. The molecule has 0 spiro atoms. The van der Waals surface area contributed by atoms with Gasteiger partial charge in [0.1, 0.15) is 5.52 Å². The number of hydrogen-bond donors (Lipinski definition) is 2. The van der Waals surface area contributed by atoms with E-state index >= 15 is 0 Å². The number of benzene rings is 1. The third-order valence-electron chi connectivity index (χ3n) is 6.24. The van der Waals surface area contributed by atoms with Gasteiger partial charge in [-0.15, -0.1) is 0 Å². The Hall–Kier alpha value is -2.41. The highest BCUT2D eigenvalue weighted by Crippen LogP contribution is 2.33. The predicted octanol–water partition coefficient (Wildman–Crippen LogP) is 2.80. The van der Waals surface area contributed by atoms with Crippen LogP contribution in [0.2, 0.25) is 0 Å². The lowest BCUT2D eigenvalue weighted by Gasteiger charge is -2.31. The molecule has 2 fully saturated rings. The fraction of sp³-hybridized carbons (Fsp3) is 0.591. The Morgan fingerprint density at radius 1 is 1.17 bits per heavy atom. The minimum Gasteiger partial charge on any atom is -0.440 e. The van der Waals surface area contributed by atoms with Crippen LogP contribution in [0.3, 0.4) is 0 Å². The Morgan fingerprint density at radius 3 is 2.79 bits per heavy atom. The van der Waals surface area contributed by atoms with E-state index < -0.39 is 0 Å². The zero-order valence-electron chi connectivity index (χ0n) is 16.9. The molecule has 29 heavy (non-hydrogen) atoms. The average Bonchev–Trinajstić information content (AvgIpc) is 3.18. The number of oxazole rings is 1. The Morgan fingerprint density at radius 2 is 2.00 bits per heavy atom. The summed E-state index contributed by atoms with van der Waals surface area (Å²) in [5.74, 6) is 0.790. The highest BCUT2D eigenvalue weighted by molar-refractivity contribution is 5.97. The first-order valence-corrected chi connectivity index (χ1v) is 10.8. The monoisotopic (exact) mass is 398 g/mol. The summed E-state index contributed by atoms with van der Waals surface area (Å²) in [6, 6.07) is 5.45. The summed E-state index contributed by atoms with van der Waals surface area (Å²) in [5, 5.41) is 2.97. The van der Waals surface area contributed by atoms with E-state index in [1.165, 1.54) is 19.3 Å². The molecule has 2 aliphatic rings. The molecule has 7 nitrogen and oxygen atoms in total. The van der Waals surface area contributed by atoms with Crippen LogP contribution in [-0.4, -0.2) is 47.9 Å². The van der Waals surface area contributed by atoms with Crippen LogP contribution in [0.1, 0.15) is 67.1 Å². The quantitative estimate of drug-likeness (QED) is 0.779. The number of hydrogen-bond acceptors (Lipinski definition) is 5. The van der Waals surface area contributed by atoms with E-state index in [0.29, 0.717) is 36.7 Å². The number of carbonyl (C=O) groups excluding carboxylic acids is 2. The second kappa shape index (κ2) is 8.95. The first-order chi connectivity index (χ1) is 14.1. The van der Waals surface area contributed by atoms with Gasteiger partial charge in [-0.1, -0.05) is 19.3 Å². The van der Waals surface area contributed by atoms with Crippen LogP contribution in [-0.2, 0) is 4.79 Å². The zero-order chi connectivity index (χ0) is 20.2. The van der Waals surface area contributed by atoms with Gasteiger partial charge in [-0.2, -0.15) is 0 Å². The normalized spacial score (nSPS) is 21.3. The van der Waals surface area contributed by atoms with Gasteiger partial charge in [0.25, 0.3) is 5.91 Å². The number of nitrogens with one attached hydrogen (secondary N) is 1. The lowest BCUT2D eigenvalue weighted by Crippen LogP contribution is -2.44. The maximum Gasteiger partial charge on any atom is 0.251 e. The number of piperidine rings is 1. The molecule has 0 bridgehead atoms. The van der Waals surface area contributed by atoms with Crippen LogP contribution in [0.4, 0.5) is 0 Å². The van der Waals surface area contributed by atoms with Crippen molar-refractivity contribution < 1.29 is 14.0 Å². The van der Waals surface area contributed by atoms with E-state index in [2.05, 4.69) is 15.2 Å². The smallest absolute Gasteiger partial charge is 0.251 e. The van der Waals surface area contributed by atoms with Crippen molar-refractivity contribution in [1.82, 2.24) is 15.2 Å². The molecule has 1 aromatic heterocycles. The molecule has 2 aromatic rings. The van der Waals surface area contributed by atoms with Crippen LogP contribution in [0.15, 0.2) is 22.6 Å². The maximum atomic E-state index is 12.5. The van der Waals surface area contributed by atoms with E-state index in [4.69, 9.17) is 10.2 Å². The van der Waals surface area contributed by atoms with Crippen molar-refractivity contribution in [3.8, 4) is 0 Å². The van der Waals surface area contributed by atoms with E-state index in [1.54, 1.807) is 12.1 Å². The number of nitrogens with two attached hydrogens (primary N) is 1. The zero-order valence-corrected chi connectivity index (χ0v) is 16.9. The number of aromatic nitrogens is 1. The SMILES string of the molecule is NC(=O)[C@H]1CCCN(CCNC(=O)c2ccc3nc(C4CCCCC4)oc3c2)C1. The Kier molecular flexibility index (Phi) is 6.13. The molecule has 1 saturated carbocycles. The largest absolute Gasteiger partial charge is 0.440 e. The van der Waals surface area contributed by atoms with Gasteiger partial charge in [-0.25, -0.2) is 4.98 Å². The standard InChI is InChI=1S/C22H30N4O3/c23-20(27)17-7-4-11-26(14-17)12-10-24-21(28)16-8-9-18-19(13-16)29-22(25-18)15-5-2-1-3-6-15/h8-9,13,15,17H,1-7,10-12,14H2,(H2,23,27)(H,24,28)/t17-/m0/s1. The highest BCUT2D eigenvalue weighted by Gasteiger charge is 2.24. The molecule has 2 heterocycles. The fourth-order valence-electron chi connectivity index (χ4n) is 4.53. The van der Waals surface area contributed by atoms with Gasteiger partial charge in [0.05, 0.1) is 5.92 Å². The van der Waals surface area contributed by atoms with Gasteiger partial charge < -0.3 is 20.4 Å². The fourth-order valence-corrected chi connectivity index (χ4v) is 4.53. The average molecular weight is 399 g/mol. The van der Waals surface area contributed by atoms with Crippen molar-refractivity contribution in [3.63, 3.8) is 0 Å². The van der Waals surface area contributed by atoms with Gasteiger partial charge in [-0.05, 0) is 50.4 Å². The number of rotatable bonds is 6. The third-order valence-corrected chi connectivity index (χ3v) is 6.24.